The predicted molar refractivity (Wildman–Crippen MR) is 82.9 cm³/mol. The Balaban J connectivity index is 2.42. The minimum atomic E-state index is -0.762. The van der Waals surface area contributed by atoms with Crippen molar-refractivity contribution >= 4 is 17.8 Å². The Labute approximate surface area is 132 Å². The Hall–Kier alpha value is -1.43. The zero-order valence-electron chi connectivity index (χ0n) is 14.3. The van der Waals surface area contributed by atoms with Crippen LogP contribution < -0.4 is 5.32 Å². The number of imide groups is 2. The molecule has 0 aromatic carbocycles. The minimum Gasteiger partial charge on any atom is -0.313 e. The van der Waals surface area contributed by atoms with Gasteiger partial charge < -0.3 is 5.32 Å². The van der Waals surface area contributed by atoms with Gasteiger partial charge >= 0.3 is 6.03 Å². The van der Waals surface area contributed by atoms with Crippen LogP contribution in [0.25, 0.3) is 0 Å². The lowest BCUT2D eigenvalue weighted by Gasteiger charge is -2.40. The maximum absolute atomic E-state index is 12.6. The van der Waals surface area contributed by atoms with Gasteiger partial charge in [0.25, 0.3) is 0 Å². The molecule has 2 aliphatic heterocycles. The number of hydrogen-bond donors (Lipinski definition) is 1. The molecule has 6 heteroatoms. The highest BCUT2D eigenvalue weighted by Gasteiger charge is 2.53. The summed E-state index contributed by atoms with van der Waals surface area (Å²) in [5, 5.41) is 3.49. The van der Waals surface area contributed by atoms with Crippen LogP contribution >= 0.6 is 0 Å². The minimum absolute atomic E-state index is 0.0713. The van der Waals surface area contributed by atoms with E-state index in [-0.39, 0.29) is 29.7 Å². The predicted octanol–water partition coefficient (Wildman–Crippen LogP) is 1.17. The molecule has 3 unspecified atom stereocenters. The van der Waals surface area contributed by atoms with Crippen LogP contribution in [0.5, 0.6) is 0 Å². The molecule has 0 radical (unpaired) electrons. The van der Waals surface area contributed by atoms with Crippen molar-refractivity contribution in [1.82, 2.24) is 15.1 Å². The van der Waals surface area contributed by atoms with E-state index in [0.717, 1.165) is 16.3 Å². The Morgan fingerprint density at radius 1 is 0.955 bits per heavy atom. The normalized spacial score (nSPS) is 31.1. The largest absolute Gasteiger partial charge is 0.332 e. The molecule has 0 aliphatic carbocycles. The molecule has 3 atom stereocenters. The first kappa shape index (κ1) is 16.9. The fourth-order valence-corrected chi connectivity index (χ4v) is 3.89. The molecule has 1 N–H and O–H groups in total. The second kappa shape index (κ2) is 5.99. The van der Waals surface area contributed by atoms with E-state index in [0.29, 0.717) is 11.8 Å². The van der Waals surface area contributed by atoms with Crippen LogP contribution in [-0.4, -0.2) is 54.3 Å². The molecule has 0 bridgehead atoms. The van der Waals surface area contributed by atoms with Crippen LogP contribution in [0, 0.1) is 29.6 Å². The highest BCUT2D eigenvalue weighted by molar-refractivity contribution is 6.16. The Kier molecular flexibility index (Phi) is 4.61. The summed E-state index contributed by atoms with van der Waals surface area (Å²) in [7, 11) is 2.91. The molecule has 6 nitrogen and oxygen atoms in total. The van der Waals surface area contributed by atoms with Crippen molar-refractivity contribution < 1.29 is 14.4 Å². The molecule has 2 fully saturated rings. The van der Waals surface area contributed by atoms with Gasteiger partial charge in [-0.2, -0.15) is 0 Å². The van der Waals surface area contributed by atoms with Gasteiger partial charge in [-0.25, -0.2) is 4.79 Å². The first-order valence-electron chi connectivity index (χ1n) is 8.01. The van der Waals surface area contributed by atoms with Crippen LogP contribution in [0.1, 0.15) is 27.7 Å². The highest BCUT2D eigenvalue weighted by atomic mass is 16.2. The van der Waals surface area contributed by atoms with Gasteiger partial charge in [0.2, 0.25) is 11.8 Å². The van der Waals surface area contributed by atoms with Gasteiger partial charge in [0.15, 0.2) is 0 Å². The number of carbonyl (C=O) groups is 3. The van der Waals surface area contributed by atoms with E-state index in [2.05, 4.69) is 33.0 Å². The summed E-state index contributed by atoms with van der Waals surface area (Å²) in [6, 6.07) is -0.431. The molecular weight excluding hydrogens is 282 g/mol. The molecular formula is C16H27N3O3. The zero-order valence-corrected chi connectivity index (χ0v) is 14.3. The number of hydrogen-bond acceptors (Lipinski definition) is 4. The van der Waals surface area contributed by atoms with E-state index in [1.807, 2.05) is 0 Å². The molecule has 22 heavy (non-hydrogen) atoms. The summed E-state index contributed by atoms with van der Waals surface area (Å²) in [4.78, 5) is 39.4. The number of nitrogens with zero attached hydrogens (tertiary/aromatic N) is 2. The van der Waals surface area contributed by atoms with Crippen LogP contribution in [0.4, 0.5) is 4.79 Å². The summed E-state index contributed by atoms with van der Waals surface area (Å²) in [5.74, 6) is -0.616. The van der Waals surface area contributed by atoms with Gasteiger partial charge in [-0.05, 0) is 30.2 Å². The van der Waals surface area contributed by atoms with E-state index in [1.54, 1.807) is 0 Å². The molecule has 2 saturated heterocycles. The van der Waals surface area contributed by atoms with E-state index in [1.165, 1.54) is 14.1 Å². The number of rotatable bonds is 3. The monoisotopic (exact) mass is 309 g/mol. The summed E-state index contributed by atoms with van der Waals surface area (Å²) in [6.45, 7) is 9.26. The van der Waals surface area contributed by atoms with E-state index >= 15 is 0 Å². The summed E-state index contributed by atoms with van der Waals surface area (Å²) in [5.41, 5.74) is 0. The first-order chi connectivity index (χ1) is 10.2. The van der Waals surface area contributed by atoms with Crippen LogP contribution in [0.3, 0.4) is 0 Å². The lowest BCUT2D eigenvalue weighted by molar-refractivity contribution is -0.151. The van der Waals surface area contributed by atoms with Gasteiger partial charge in [0, 0.05) is 20.1 Å². The van der Waals surface area contributed by atoms with Crippen molar-refractivity contribution in [2.75, 3.05) is 20.6 Å². The summed E-state index contributed by atoms with van der Waals surface area (Å²) >= 11 is 0. The van der Waals surface area contributed by atoms with Crippen molar-refractivity contribution in [2.24, 2.45) is 29.6 Å². The molecule has 0 aromatic heterocycles. The SMILES string of the molecule is CC(C)C1CNC(C(C)C)C1C1C(=O)N(C)C(=O)N(C)C1=O. The van der Waals surface area contributed by atoms with Gasteiger partial charge in [0.1, 0.15) is 5.92 Å². The Morgan fingerprint density at radius 2 is 1.45 bits per heavy atom. The third-order valence-electron chi connectivity index (χ3n) is 5.22. The van der Waals surface area contributed by atoms with E-state index in [4.69, 9.17) is 0 Å². The molecule has 2 rings (SSSR count). The number of nitrogens with one attached hydrogen (secondary N) is 1. The summed E-state index contributed by atoms with van der Waals surface area (Å²) < 4.78 is 0. The molecule has 2 aliphatic rings. The van der Waals surface area contributed by atoms with Crippen molar-refractivity contribution in [1.29, 1.82) is 0 Å². The Morgan fingerprint density at radius 3 is 1.86 bits per heavy atom. The lowest BCUT2D eigenvalue weighted by Crippen LogP contribution is -2.60. The zero-order chi connectivity index (χ0) is 16.8. The molecule has 2 heterocycles. The van der Waals surface area contributed by atoms with E-state index in [9.17, 15) is 14.4 Å². The lowest BCUT2D eigenvalue weighted by atomic mass is 9.71. The van der Waals surface area contributed by atoms with Gasteiger partial charge in [-0.15, -0.1) is 0 Å². The number of carbonyl (C=O) groups excluding carboxylic acids is 3. The molecule has 124 valence electrons. The van der Waals surface area contributed by atoms with Gasteiger partial charge in [-0.3, -0.25) is 19.4 Å². The van der Waals surface area contributed by atoms with Crippen LogP contribution in [0.2, 0.25) is 0 Å². The van der Waals surface area contributed by atoms with Crippen LogP contribution in [0.15, 0.2) is 0 Å². The smallest absolute Gasteiger partial charge is 0.313 e. The topological polar surface area (TPSA) is 69.7 Å². The number of amides is 4. The average molecular weight is 309 g/mol. The second-order valence-electron chi connectivity index (χ2n) is 7.22. The van der Waals surface area contributed by atoms with Crippen molar-refractivity contribution in [3.05, 3.63) is 0 Å². The number of urea groups is 1. The molecule has 0 saturated carbocycles. The fourth-order valence-electron chi connectivity index (χ4n) is 3.89. The highest BCUT2D eigenvalue weighted by Crippen LogP contribution is 2.40. The molecule has 4 amide bonds. The quantitative estimate of drug-likeness (QED) is 0.795. The van der Waals surface area contributed by atoms with Crippen molar-refractivity contribution in [2.45, 2.75) is 33.7 Å². The third-order valence-corrected chi connectivity index (χ3v) is 5.22. The maximum atomic E-state index is 12.6. The Bertz CT molecular complexity index is 449. The van der Waals surface area contributed by atoms with E-state index < -0.39 is 11.9 Å². The fraction of sp³-hybridized carbons (Fsp3) is 0.812. The second-order valence-corrected chi connectivity index (χ2v) is 7.22. The standard InChI is InChI=1S/C16H27N3O3/c1-8(2)10-7-17-13(9(3)4)11(10)12-14(20)18(5)16(22)19(6)15(12)21/h8-13,17H,7H2,1-6H3. The van der Waals surface area contributed by atoms with Crippen LogP contribution in [-0.2, 0) is 9.59 Å². The van der Waals surface area contributed by atoms with Gasteiger partial charge in [0.05, 0.1) is 0 Å². The average Bonchev–Trinajstić information content (AvgIpc) is 2.88. The van der Waals surface area contributed by atoms with Crippen molar-refractivity contribution in [3.63, 3.8) is 0 Å². The number of barbiturate groups is 1. The maximum Gasteiger partial charge on any atom is 0.332 e. The van der Waals surface area contributed by atoms with Gasteiger partial charge in [-0.1, -0.05) is 27.7 Å². The molecule has 0 spiro atoms. The summed E-state index contributed by atoms with van der Waals surface area (Å²) in [6.07, 6.45) is 0. The van der Waals surface area contributed by atoms with Crippen molar-refractivity contribution in [3.8, 4) is 0 Å². The third kappa shape index (κ3) is 2.53. The first-order valence-corrected chi connectivity index (χ1v) is 8.01. The molecule has 0 aromatic rings.